The molecule has 0 aliphatic carbocycles. The molecule has 9 nitrogen and oxygen atoms in total. The zero-order valence-corrected chi connectivity index (χ0v) is 22.1. The summed E-state index contributed by atoms with van der Waals surface area (Å²) in [5.41, 5.74) is 7.46. The summed E-state index contributed by atoms with van der Waals surface area (Å²) in [6.07, 6.45) is 4.03. The van der Waals surface area contributed by atoms with Crippen LogP contribution in [0.15, 0.2) is 41.5 Å². The number of H-pyrrole nitrogens is 1. The first kappa shape index (κ1) is 25.0. The molecule has 37 heavy (non-hydrogen) atoms. The Bertz CT molecular complexity index is 1520. The van der Waals surface area contributed by atoms with Crippen molar-refractivity contribution in [3.05, 3.63) is 80.7 Å². The maximum Gasteiger partial charge on any atom is 0.253 e. The molecule has 0 saturated carbocycles. The Hall–Kier alpha value is -3.69. The number of aromatic amines is 1. The fourth-order valence-corrected chi connectivity index (χ4v) is 5.34. The minimum atomic E-state index is -0.199. The lowest BCUT2D eigenvalue weighted by atomic mass is 10.0. The molecule has 5 rings (SSSR count). The highest BCUT2D eigenvalue weighted by atomic mass is 16.5. The Balaban J connectivity index is 1.55. The van der Waals surface area contributed by atoms with E-state index in [0.29, 0.717) is 24.3 Å². The van der Waals surface area contributed by atoms with Crippen molar-refractivity contribution in [2.75, 3.05) is 26.3 Å². The van der Waals surface area contributed by atoms with E-state index in [4.69, 9.17) is 4.74 Å². The van der Waals surface area contributed by atoms with Gasteiger partial charge in [0.25, 0.3) is 11.5 Å². The van der Waals surface area contributed by atoms with E-state index in [-0.39, 0.29) is 24.1 Å². The monoisotopic (exact) mass is 502 g/mol. The van der Waals surface area contributed by atoms with E-state index in [1.54, 1.807) is 4.68 Å². The van der Waals surface area contributed by atoms with E-state index in [1.165, 1.54) is 0 Å². The number of pyridine rings is 2. The number of hydrogen-bond acceptors (Lipinski definition) is 5. The van der Waals surface area contributed by atoms with Crippen LogP contribution in [0.4, 0.5) is 0 Å². The van der Waals surface area contributed by atoms with Gasteiger partial charge in [0.15, 0.2) is 0 Å². The number of fused-ring (bicyclic) bond motifs is 1. The van der Waals surface area contributed by atoms with Crippen LogP contribution in [0.2, 0.25) is 0 Å². The molecule has 0 aromatic carbocycles. The Morgan fingerprint density at radius 1 is 1.19 bits per heavy atom. The van der Waals surface area contributed by atoms with Crippen LogP contribution < -0.4 is 10.9 Å². The van der Waals surface area contributed by atoms with E-state index < -0.39 is 0 Å². The number of carbonyl (C=O) groups excluding carboxylic acids is 1. The van der Waals surface area contributed by atoms with Crippen LogP contribution in [0, 0.1) is 20.8 Å². The van der Waals surface area contributed by atoms with Gasteiger partial charge in [0.1, 0.15) is 0 Å². The van der Waals surface area contributed by atoms with Crippen LogP contribution in [-0.2, 0) is 18.3 Å². The summed E-state index contributed by atoms with van der Waals surface area (Å²) in [7, 11) is 1.90. The quantitative estimate of drug-likeness (QED) is 0.422. The third-order valence-corrected chi connectivity index (χ3v) is 7.35. The predicted octanol–water partition coefficient (Wildman–Crippen LogP) is 3.28. The number of carbonyl (C=O) groups is 1. The molecule has 0 radical (unpaired) electrons. The summed E-state index contributed by atoms with van der Waals surface area (Å²) in [6, 6.07) is 7.98. The van der Waals surface area contributed by atoms with Crippen molar-refractivity contribution in [2.24, 2.45) is 7.05 Å². The first-order chi connectivity index (χ1) is 17.7. The van der Waals surface area contributed by atoms with Crippen LogP contribution in [0.5, 0.6) is 0 Å². The summed E-state index contributed by atoms with van der Waals surface area (Å²) in [4.78, 5) is 31.2. The lowest BCUT2D eigenvalue weighted by Gasteiger charge is -2.34. The highest BCUT2D eigenvalue weighted by molar-refractivity contribution is 5.97. The van der Waals surface area contributed by atoms with Crippen LogP contribution in [-0.4, -0.2) is 56.3 Å². The minimum absolute atomic E-state index is 0.0744. The zero-order valence-electron chi connectivity index (χ0n) is 22.1. The van der Waals surface area contributed by atoms with Crippen LogP contribution in [0.25, 0.3) is 16.8 Å². The number of ether oxygens (including phenoxy) is 1. The van der Waals surface area contributed by atoms with Gasteiger partial charge in [-0.25, -0.2) is 0 Å². The van der Waals surface area contributed by atoms with Gasteiger partial charge in [0.2, 0.25) is 0 Å². The average molecular weight is 503 g/mol. The number of amides is 1. The van der Waals surface area contributed by atoms with Gasteiger partial charge in [-0.15, -0.1) is 0 Å². The number of rotatable bonds is 6. The van der Waals surface area contributed by atoms with Crippen LogP contribution >= 0.6 is 0 Å². The average Bonchev–Trinajstić information content (AvgIpc) is 3.49. The second-order valence-electron chi connectivity index (χ2n) is 9.92. The normalized spacial score (nSPS) is 15.3. The standard InChI is InChI=1S/C28H34N6O3/c1-17-12-18(2)30-28(36)24(17)15-29-27(35)23-14-22-13-21(25-6-7-32(5)31-25)16-34(22)26(19(23)3)20(4)33-8-10-37-11-9-33/h6-7,12-14,16,20H,8-11,15H2,1-5H3,(H,29,35)(H,30,36). The topological polar surface area (TPSA) is 96.7 Å². The molecule has 1 aliphatic rings. The molecule has 1 saturated heterocycles. The molecule has 0 spiro atoms. The molecule has 194 valence electrons. The summed E-state index contributed by atoms with van der Waals surface area (Å²) >= 11 is 0. The maximum absolute atomic E-state index is 13.5. The summed E-state index contributed by atoms with van der Waals surface area (Å²) in [5.74, 6) is -0.199. The van der Waals surface area contributed by atoms with E-state index in [2.05, 4.69) is 43.9 Å². The Morgan fingerprint density at radius 2 is 1.95 bits per heavy atom. The van der Waals surface area contributed by atoms with Crippen molar-refractivity contribution >= 4 is 11.4 Å². The van der Waals surface area contributed by atoms with Gasteiger partial charge in [-0.05, 0) is 63.1 Å². The molecule has 5 heterocycles. The maximum atomic E-state index is 13.5. The van der Waals surface area contributed by atoms with E-state index >= 15 is 0 Å². The third-order valence-electron chi connectivity index (χ3n) is 7.35. The molecule has 4 aromatic rings. The van der Waals surface area contributed by atoms with Gasteiger partial charge < -0.3 is 19.4 Å². The zero-order chi connectivity index (χ0) is 26.3. The molecule has 4 aromatic heterocycles. The SMILES string of the molecule is Cc1cc(C)c(CNC(=O)c2cc3cc(-c4ccn(C)n4)cn3c(C(C)N3CCOCC3)c2C)c(=O)[nH]1. The van der Waals surface area contributed by atoms with Crippen LogP contribution in [0.3, 0.4) is 0 Å². The third kappa shape index (κ3) is 4.84. The van der Waals surface area contributed by atoms with E-state index in [0.717, 1.165) is 52.4 Å². The molecular weight excluding hydrogens is 468 g/mol. The largest absolute Gasteiger partial charge is 0.379 e. The van der Waals surface area contributed by atoms with Gasteiger partial charge in [-0.3, -0.25) is 19.2 Å². The predicted molar refractivity (Wildman–Crippen MR) is 143 cm³/mol. The van der Waals surface area contributed by atoms with Crippen molar-refractivity contribution in [2.45, 2.75) is 40.3 Å². The van der Waals surface area contributed by atoms with Gasteiger partial charge in [-0.2, -0.15) is 5.10 Å². The molecule has 1 unspecified atom stereocenters. The van der Waals surface area contributed by atoms with Gasteiger partial charge >= 0.3 is 0 Å². The van der Waals surface area contributed by atoms with Crippen molar-refractivity contribution < 1.29 is 9.53 Å². The second-order valence-corrected chi connectivity index (χ2v) is 9.92. The number of aryl methyl sites for hydroxylation is 3. The Kier molecular flexibility index (Phi) is 6.74. The van der Waals surface area contributed by atoms with E-state index in [9.17, 15) is 9.59 Å². The Morgan fingerprint density at radius 3 is 2.62 bits per heavy atom. The fraction of sp³-hybridized carbons (Fsp3) is 0.393. The van der Waals surface area contributed by atoms with Gasteiger partial charge in [-0.1, -0.05) is 0 Å². The molecule has 1 fully saturated rings. The van der Waals surface area contributed by atoms with Crippen molar-refractivity contribution in [3.63, 3.8) is 0 Å². The summed E-state index contributed by atoms with van der Waals surface area (Å²) in [5, 5.41) is 7.56. The lowest BCUT2D eigenvalue weighted by molar-refractivity contribution is 0.0187. The number of aromatic nitrogens is 4. The fourth-order valence-electron chi connectivity index (χ4n) is 5.34. The summed E-state index contributed by atoms with van der Waals surface area (Å²) < 4.78 is 9.55. The number of hydrogen-bond donors (Lipinski definition) is 2. The van der Waals surface area contributed by atoms with Crippen LogP contribution in [0.1, 0.15) is 51.4 Å². The van der Waals surface area contributed by atoms with Gasteiger partial charge in [0.05, 0.1) is 18.9 Å². The summed E-state index contributed by atoms with van der Waals surface area (Å²) in [6.45, 7) is 11.2. The number of nitrogens with one attached hydrogen (secondary N) is 2. The Labute approximate surface area is 216 Å². The van der Waals surface area contributed by atoms with E-state index in [1.807, 2.05) is 52.2 Å². The first-order valence-electron chi connectivity index (χ1n) is 12.7. The van der Waals surface area contributed by atoms with Crippen molar-refractivity contribution in [1.29, 1.82) is 0 Å². The molecular formula is C28H34N6O3. The molecule has 1 aliphatic heterocycles. The van der Waals surface area contributed by atoms with Crippen molar-refractivity contribution in [1.82, 2.24) is 29.4 Å². The molecule has 2 N–H and O–H groups in total. The number of morpholine rings is 1. The molecule has 1 amide bonds. The minimum Gasteiger partial charge on any atom is -0.379 e. The molecule has 9 heteroatoms. The number of nitrogens with zero attached hydrogens (tertiary/aromatic N) is 4. The lowest BCUT2D eigenvalue weighted by Crippen LogP contribution is -2.39. The van der Waals surface area contributed by atoms with Gasteiger partial charge in [0, 0.05) is 78.7 Å². The molecule has 1 atom stereocenters. The smallest absolute Gasteiger partial charge is 0.253 e. The second kappa shape index (κ2) is 9.99. The molecule has 0 bridgehead atoms. The highest BCUT2D eigenvalue weighted by Gasteiger charge is 2.26. The highest BCUT2D eigenvalue weighted by Crippen LogP contribution is 2.31. The first-order valence-corrected chi connectivity index (χ1v) is 12.7. The van der Waals surface area contributed by atoms with Crippen molar-refractivity contribution in [3.8, 4) is 11.3 Å².